The average Bonchev–Trinajstić information content (AvgIpc) is 3.05. The largest absolute Gasteiger partial charge is 0.493 e. The van der Waals surface area contributed by atoms with Crippen molar-refractivity contribution < 1.29 is 14.3 Å². The summed E-state index contributed by atoms with van der Waals surface area (Å²) in [5, 5.41) is 10.3. The number of rotatable bonds is 3. The van der Waals surface area contributed by atoms with Gasteiger partial charge in [0.2, 0.25) is 0 Å². The zero-order valence-electron chi connectivity index (χ0n) is 10.3. The molecule has 1 aliphatic rings. The highest BCUT2D eigenvalue weighted by atomic mass is 16.5. The van der Waals surface area contributed by atoms with Crippen LogP contribution in [0.1, 0.15) is 35.7 Å². The van der Waals surface area contributed by atoms with E-state index in [0.29, 0.717) is 5.76 Å². The Bertz CT molecular complexity index is 557. The molecule has 1 atom stereocenters. The van der Waals surface area contributed by atoms with Crippen LogP contribution >= 0.6 is 0 Å². The lowest BCUT2D eigenvalue weighted by Gasteiger charge is -2.09. The quantitative estimate of drug-likeness (QED) is 0.902. The Balaban J connectivity index is 1.89. The van der Waals surface area contributed by atoms with E-state index in [-0.39, 0.29) is 0 Å². The highest BCUT2D eigenvalue weighted by Gasteiger charge is 2.18. The monoisotopic (exact) mass is 244 g/mol. The molecule has 1 aromatic heterocycles. The molecule has 0 amide bonds. The highest BCUT2D eigenvalue weighted by molar-refractivity contribution is 5.41. The van der Waals surface area contributed by atoms with E-state index in [2.05, 4.69) is 0 Å². The van der Waals surface area contributed by atoms with E-state index in [9.17, 15) is 5.11 Å². The van der Waals surface area contributed by atoms with Crippen LogP contribution < -0.4 is 4.74 Å². The fraction of sp³-hybridized carbons (Fsp3) is 0.333. The first-order valence-corrected chi connectivity index (χ1v) is 6.30. The van der Waals surface area contributed by atoms with Crippen LogP contribution in [0.3, 0.4) is 0 Å². The molecule has 3 heteroatoms. The predicted octanol–water partition coefficient (Wildman–Crippen LogP) is 2.86. The van der Waals surface area contributed by atoms with Gasteiger partial charge in [-0.3, -0.25) is 0 Å². The third-order valence-corrected chi connectivity index (χ3v) is 3.33. The standard InChI is InChI=1S/C15H16O3/c1-2-12-4-6-14(18-12)15(16)11-3-5-13-10(9-11)7-8-17-13/h3-6,9,15-16H,2,7-8H2,1H3. The Morgan fingerprint density at radius 3 is 2.94 bits per heavy atom. The van der Waals surface area contributed by atoms with Gasteiger partial charge in [0.15, 0.2) is 0 Å². The molecule has 18 heavy (non-hydrogen) atoms. The van der Waals surface area contributed by atoms with E-state index >= 15 is 0 Å². The number of ether oxygens (including phenoxy) is 1. The van der Waals surface area contributed by atoms with Gasteiger partial charge in [-0.2, -0.15) is 0 Å². The van der Waals surface area contributed by atoms with Crippen LogP contribution in [0.5, 0.6) is 5.75 Å². The molecule has 2 heterocycles. The van der Waals surface area contributed by atoms with Gasteiger partial charge in [-0.1, -0.05) is 13.0 Å². The molecule has 0 bridgehead atoms. The molecule has 0 spiro atoms. The average molecular weight is 244 g/mol. The zero-order chi connectivity index (χ0) is 12.5. The molecule has 0 aliphatic carbocycles. The molecule has 0 radical (unpaired) electrons. The number of aliphatic hydroxyl groups excluding tert-OH is 1. The number of benzene rings is 1. The lowest BCUT2D eigenvalue weighted by molar-refractivity contribution is 0.187. The Morgan fingerprint density at radius 2 is 2.17 bits per heavy atom. The Hall–Kier alpha value is -1.74. The minimum absolute atomic E-state index is 0.603. The van der Waals surface area contributed by atoms with Crippen molar-refractivity contribution in [3.8, 4) is 5.75 Å². The van der Waals surface area contributed by atoms with Gasteiger partial charge in [0.1, 0.15) is 23.4 Å². The SMILES string of the molecule is CCc1ccc(C(O)c2ccc3c(c2)CCO3)o1. The maximum atomic E-state index is 10.3. The molecule has 1 unspecified atom stereocenters. The van der Waals surface area contributed by atoms with Crippen molar-refractivity contribution in [3.05, 3.63) is 53.0 Å². The van der Waals surface area contributed by atoms with Crippen molar-refractivity contribution in [1.82, 2.24) is 0 Å². The van der Waals surface area contributed by atoms with Crippen LogP contribution in [-0.4, -0.2) is 11.7 Å². The van der Waals surface area contributed by atoms with Crippen LogP contribution in [0.4, 0.5) is 0 Å². The zero-order valence-corrected chi connectivity index (χ0v) is 10.3. The van der Waals surface area contributed by atoms with E-state index in [1.165, 1.54) is 0 Å². The van der Waals surface area contributed by atoms with Crippen molar-refractivity contribution in [2.75, 3.05) is 6.61 Å². The fourth-order valence-electron chi connectivity index (χ4n) is 2.27. The molecule has 0 fully saturated rings. The van der Waals surface area contributed by atoms with Crippen molar-refractivity contribution in [1.29, 1.82) is 0 Å². The third kappa shape index (κ3) is 1.91. The first-order chi connectivity index (χ1) is 8.78. The molecule has 94 valence electrons. The molecule has 1 N–H and O–H groups in total. The highest BCUT2D eigenvalue weighted by Crippen LogP contribution is 2.31. The molecular formula is C15H16O3. The van der Waals surface area contributed by atoms with Gasteiger partial charge in [-0.05, 0) is 35.4 Å². The summed E-state index contributed by atoms with van der Waals surface area (Å²) < 4.78 is 11.0. The molecule has 3 rings (SSSR count). The summed E-state index contributed by atoms with van der Waals surface area (Å²) in [6.07, 6.45) is 1.05. The summed E-state index contributed by atoms with van der Waals surface area (Å²) in [6, 6.07) is 9.57. The topological polar surface area (TPSA) is 42.6 Å². The molecule has 1 aromatic carbocycles. The minimum atomic E-state index is -0.698. The molecule has 2 aromatic rings. The van der Waals surface area contributed by atoms with Crippen molar-refractivity contribution in [3.63, 3.8) is 0 Å². The van der Waals surface area contributed by atoms with E-state index < -0.39 is 6.10 Å². The first kappa shape index (κ1) is 11.4. The molecular weight excluding hydrogens is 228 g/mol. The third-order valence-electron chi connectivity index (χ3n) is 3.33. The van der Waals surface area contributed by atoms with Gasteiger partial charge in [0, 0.05) is 12.8 Å². The second kappa shape index (κ2) is 4.50. The number of hydrogen-bond acceptors (Lipinski definition) is 3. The van der Waals surface area contributed by atoms with Crippen LogP contribution in [-0.2, 0) is 12.8 Å². The van der Waals surface area contributed by atoms with Crippen LogP contribution in [0.2, 0.25) is 0 Å². The number of aliphatic hydroxyl groups is 1. The second-order valence-electron chi connectivity index (χ2n) is 4.53. The summed E-state index contributed by atoms with van der Waals surface area (Å²) in [5.74, 6) is 2.43. The number of aryl methyl sites for hydroxylation is 1. The normalized spacial score (nSPS) is 15.2. The Kier molecular flexibility index (Phi) is 2.84. The summed E-state index contributed by atoms with van der Waals surface area (Å²) in [4.78, 5) is 0. The number of furan rings is 1. The maximum Gasteiger partial charge on any atom is 0.137 e. The summed E-state index contributed by atoms with van der Waals surface area (Å²) in [7, 11) is 0. The maximum absolute atomic E-state index is 10.3. The van der Waals surface area contributed by atoms with Crippen LogP contribution in [0, 0.1) is 0 Å². The predicted molar refractivity (Wildman–Crippen MR) is 67.8 cm³/mol. The molecule has 1 aliphatic heterocycles. The Labute approximate surface area is 106 Å². The van der Waals surface area contributed by atoms with Gasteiger partial charge < -0.3 is 14.3 Å². The lowest BCUT2D eigenvalue weighted by atomic mass is 10.0. The van der Waals surface area contributed by atoms with Crippen molar-refractivity contribution in [2.45, 2.75) is 25.9 Å². The molecule has 3 nitrogen and oxygen atoms in total. The molecule has 0 saturated carbocycles. The van der Waals surface area contributed by atoms with Crippen molar-refractivity contribution >= 4 is 0 Å². The molecule has 0 saturated heterocycles. The van der Waals surface area contributed by atoms with Crippen LogP contribution in [0.15, 0.2) is 34.7 Å². The second-order valence-corrected chi connectivity index (χ2v) is 4.53. The summed E-state index contributed by atoms with van der Waals surface area (Å²) >= 11 is 0. The van der Waals surface area contributed by atoms with E-state index in [0.717, 1.165) is 42.1 Å². The lowest BCUT2D eigenvalue weighted by Crippen LogP contribution is -1.98. The van der Waals surface area contributed by atoms with Gasteiger partial charge in [-0.25, -0.2) is 0 Å². The number of fused-ring (bicyclic) bond motifs is 1. The summed E-state index contributed by atoms with van der Waals surface area (Å²) in [5.41, 5.74) is 2.02. The smallest absolute Gasteiger partial charge is 0.137 e. The van der Waals surface area contributed by atoms with Crippen molar-refractivity contribution in [2.24, 2.45) is 0 Å². The van der Waals surface area contributed by atoms with E-state index in [4.69, 9.17) is 9.15 Å². The van der Waals surface area contributed by atoms with E-state index in [1.807, 2.05) is 37.3 Å². The number of hydrogen-bond donors (Lipinski definition) is 1. The van der Waals surface area contributed by atoms with Gasteiger partial charge in [0.05, 0.1) is 6.61 Å². The summed E-state index contributed by atoms with van der Waals surface area (Å²) in [6.45, 7) is 2.76. The van der Waals surface area contributed by atoms with Crippen LogP contribution in [0.25, 0.3) is 0 Å². The van der Waals surface area contributed by atoms with E-state index in [1.54, 1.807) is 0 Å². The minimum Gasteiger partial charge on any atom is -0.493 e. The Morgan fingerprint density at radius 1 is 1.28 bits per heavy atom. The van der Waals surface area contributed by atoms with Gasteiger partial charge >= 0.3 is 0 Å². The van der Waals surface area contributed by atoms with Gasteiger partial charge in [-0.15, -0.1) is 0 Å². The van der Waals surface area contributed by atoms with Gasteiger partial charge in [0.25, 0.3) is 0 Å². The fourth-order valence-corrected chi connectivity index (χ4v) is 2.27. The first-order valence-electron chi connectivity index (χ1n) is 6.30.